The van der Waals surface area contributed by atoms with Gasteiger partial charge in [0.05, 0.1) is 7.11 Å². The van der Waals surface area contributed by atoms with Gasteiger partial charge in [0.1, 0.15) is 5.82 Å². The minimum atomic E-state index is 0.408. The quantitative estimate of drug-likeness (QED) is 0.680. The monoisotopic (exact) mass is 168 g/mol. The van der Waals surface area contributed by atoms with Gasteiger partial charge in [0.25, 0.3) is 0 Å². The number of hydrogen-bond acceptors (Lipinski definition) is 5. The summed E-state index contributed by atoms with van der Waals surface area (Å²) in [6.45, 7) is 0. The molecular formula is C7H12N4O. The van der Waals surface area contributed by atoms with E-state index in [0.29, 0.717) is 17.6 Å². The van der Waals surface area contributed by atoms with Crippen LogP contribution in [0.3, 0.4) is 0 Å². The topological polar surface area (TPSA) is 64.3 Å². The van der Waals surface area contributed by atoms with E-state index < -0.39 is 0 Å². The first-order chi connectivity index (χ1) is 5.63. The van der Waals surface area contributed by atoms with Crippen LogP contribution >= 0.6 is 0 Å². The van der Waals surface area contributed by atoms with Gasteiger partial charge in [-0.1, -0.05) is 0 Å². The maximum atomic E-state index is 5.52. The minimum absolute atomic E-state index is 0.408. The molecule has 1 aromatic heterocycles. The molecule has 0 aliphatic carbocycles. The van der Waals surface area contributed by atoms with Crippen LogP contribution in [0.25, 0.3) is 0 Å². The van der Waals surface area contributed by atoms with E-state index in [1.54, 1.807) is 18.1 Å². The molecule has 0 aliphatic heterocycles. The summed E-state index contributed by atoms with van der Waals surface area (Å²) in [5.41, 5.74) is 5.52. The van der Waals surface area contributed by atoms with E-state index in [0.717, 1.165) is 0 Å². The molecule has 1 rings (SSSR count). The highest BCUT2D eigenvalue weighted by molar-refractivity contribution is 5.41. The lowest BCUT2D eigenvalue weighted by Crippen LogP contribution is -2.13. The van der Waals surface area contributed by atoms with Gasteiger partial charge in [-0.15, -0.1) is 0 Å². The number of nitrogens with zero attached hydrogens (tertiary/aromatic N) is 3. The van der Waals surface area contributed by atoms with Gasteiger partial charge in [-0.05, 0) is 0 Å². The van der Waals surface area contributed by atoms with Crippen molar-refractivity contribution in [3.05, 3.63) is 6.07 Å². The average molecular weight is 168 g/mol. The van der Waals surface area contributed by atoms with Gasteiger partial charge >= 0.3 is 0 Å². The average Bonchev–Trinajstić information content (AvgIpc) is 2.03. The molecule has 1 aromatic rings. The summed E-state index contributed by atoms with van der Waals surface area (Å²) in [7, 11) is 5.23. The summed E-state index contributed by atoms with van der Waals surface area (Å²) in [6, 6.07) is 1.58. The van der Waals surface area contributed by atoms with Crippen molar-refractivity contribution in [1.82, 2.24) is 9.97 Å². The number of hydrogen-bond donors (Lipinski definition) is 1. The summed E-state index contributed by atoms with van der Waals surface area (Å²) >= 11 is 0. The normalized spacial score (nSPS) is 9.58. The molecule has 0 atom stereocenters. The van der Waals surface area contributed by atoms with E-state index in [-0.39, 0.29) is 0 Å². The Morgan fingerprint density at radius 1 is 1.42 bits per heavy atom. The fraction of sp³-hybridized carbons (Fsp3) is 0.429. The smallest absolute Gasteiger partial charge is 0.230 e. The first-order valence-electron chi connectivity index (χ1n) is 3.49. The van der Waals surface area contributed by atoms with Crippen molar-refractivity contribution < 1.29 is 4.74 Å². The van der Waals surface area contributed by atoms with Crippen molar-refractivity contribution in [3.63, 3.8) is 0 Å². The Balaban J connectivity index is 3.06. The molecule has 0 fully saturated rings. The Bertz CT molecular complexity index is 274. The number of nitrogens with two attached hydrogens (primary N) is 1. The van der Waals surface area contributed by atoms with E-state index in [1.807, 2.05) is 14.1 Å². The molecule has 1 heterocycles. The number of ether oxygens (including phenoxy) is 1. The molecule has 0 bridgehead atoms. The van der Waals surface area contributed by atoms with Crippen molar-refractivity contribution in [1.29, 1.82) is 0 Å². The van der Waals surface area contributed by atoms with Crippen LogP contribution in [0, 0.1) is 0 Å². The van der Waals surface area contributed by atoms with Gasteiger partial charge in [-0.3, -0.25) is 0 Å². The SMILES string of the molecule is COc1cc(N)nc(N(C)C)n1. The van der Waals surface area contributed by atoms with E-state index in [9.17, 15) is 0 Å². The van der Waals surface area contributed by atoms with E-state index in [1.165, 1.54) is 0 Å². The third-order valence-corrected chi connectivity index (χ3v) is 1.32. The molecule has 5 heteroatoms. The molecule has 2 N–H and O–H groups in total. The van der Waals surface area contributed by atoms with Crippen LogP contribution in [-0.4, -0.2) is 31.2 Å². The lowest BCUT2D eigenvalue weighted by Gasteiger charge is -2.10. The Morgan fingerprint density at radius 2 is 2.08 bits per heavy atom. The molecule has 12 heavy (non-hydrogen) atoms. The van der Waals surface area contributed by atoms with Gasteiger partial charge in [0.15, 0.2) is 0 Å². The van der Waals surface area contributed by atoms with Crippen LogP contribution < -0.4 is 15.4 Å². The van der Waals surface area contributed by atoms with Crippen LogP contribution in [0.5, 0.6) is 5.88 Å². The van der Waals surface area contributed by atoms with Gasteiger partial charge < -0.3 is 15.4 Å². The Hall–Kier alpha value is -1.52. The second kappa shape index (κ2) is 3.25. The number of methoxy groups -OCH3 is 1. The minimum Gasteiger partial charge on any atom is -0.481 e. The van der Waals surface area contributed by atoms with Gasteiger partial charge in [0, 0.05) is 20.2 Å². The lowest BCUT2D eigenvalue weighted by molar-refractivity contribution is 0.397. The fourth-order valence-corrected chi connectivity index (χ4v) is 0.735. The zero-order valence-electron chi connectivity index (χ0n) is 7.40. The van der Waals surface area contributed by atoms with E-state index in [2.05, 4.69) is 9.97 Å². The first-order valence-corrected chi connectivity index (χ1v) is 3.49. The maximum Gasteiger partial charge on any atom is 0.230 e. The zero-order chi connectivity index (χ0) is 9.14. The summed E-state index contributed by atoms with van der Waals surface area (Å²) in [6.07, 6.45) is 0. The predicted molar refractivity (Wildman–Crippen MR) is 47.3 cm³/mol. The Kier molecular flexibility index (Phi) is 2.32. The predicted octanol–water partition coefficient (Wildman–Crippen LogP) is 0.133. The largest absolute Gasteiger partial charge is 0.481 e. The Labute approximate surface area is 71.2 Å². The summed E-state index contributed by atoms with van der Waals surface area (Å²) in [5.74, 6) is 1.43. The van der Waals surface area contributed by atoms with Gasteiger partial charge in [0.2, 0.25) is 11.8 Å². The molecule has 0 aromatic carbocycles. The third kappa shape index (κ3) is 1.75. The molecule has 5 nitrogen and oxygen atoms in total. The molecule has 0 aliphatic rings. The molecule has 0 unspecified atom stereocenters. The van der Waals surface area contributed by atoms with Crippen LogP contribution in [0.1, 0.15) is 0 Å². The highest BCUT2D eigenvalue weighted by Crippen LogP contribution is 2.14. The second-order valence-corrected chi connectivity index (χ2v) is 2.53. The standard InChI is InChI=1S/C7H12N4O/c1-11(2)7-9-5(8)4-6(10-7)12-3/h4H,1-3H3,(H2,8,9,10). The lowest BCUT2D eigenvalue weighted by atomic mass is 10.5. The van der Waals surface area contributed by atoms with Crippen molar-refractivity contribution in [2.45, 2.75) is 0 Å². The van der Waals surface area contributed by atoms with Gasteiger partial charge in [-0.2, -0.15) is 9.97 Å². The number of nitrogen functional groups attached to an aromatic ring is 1. The number of rotatable bonds is 2. The van der Waals surface area contributed by atoms with E-state index >= 15 is 0 Å². The number of aromatic nitrogens is 2. The summed E-state index contributed by atoms with van der Waals surface area (Å²) in [4.78, 5) is 9.82. The molecule has 0 amide bonds. The summed E-state index contributed by atoms with van der Waals surface area (Å²) in [5, 5.41) is 0. The van der Waals surface area contributed by atoms with Crippen LogP contribution in [0.15, 0.2) is 6.07 Å². The zero-order valence-corrected chi connectivity index (χ0v) is 7.40. The first kappa shape index (κ1) is 8.58. The van der Waals surface area contributed by atoms with Crippen molar-refractivity contribution in [2.75, 3.05) is 31.8 Å². The second-order valence-electron chi connectivity index (χ2n) is 2.53. The van der Waals surface area contributed by atoms with Gasteiger partial charge in [-0.25, -0.2) is 0 Å². The Morgan fingerprint density at radius 3 is 2.58 bits per heavy atom. The van der Waals surface area contributed by atoms with Crippen molar-refractivity contribution in [3.8, 4) is 5.88 Å². The summed E-state index contributed by atoms with van der Waals surface area (Å²) < 4.78 is 4.93. The fourth-order valence-electron chi connectivity index (χ4n) is 0.735. The molecule has 0 saturated carbocycles. The molecule has 0 radical (unpaired) electrons. The van der Waals surface area contributed by atoms with Crippen LogP contribution in [0.2, 0.25) is 0 Å². The molecule has 0 spiro atoms. The highest BCUT2D eigenvalue weighted by Gasteiger charge is 2.03. The third-order valence-electron chi connectivity index (χ3n) is 1.32. The van der Waals surface area contributed by atoms with Crippen LogP contribution in [0.4, 0.5) is 11.8 Å². The van der Waals surface area contributed by atoms with Crippen LogP contribution in [-0.2, 0) is 0 Å². The van der Waals surface area contributed by atoms with Crippen molar-refractivity contribution in [2.24, 2.45) is 0 Å². The molecule has 66 valence electrons. The maximum absolute atomic E-state index is 5.52. The molecular weight excluding hydrogens is 156 g/mol. The molecule has 0 saturated heterocycles. The highest BCUT2D eigenvalue weighted by atomic mass is 16.5. The number of anilines is 2. The van der Waals surface area contributed by atoms with Crippen molar-refractivity contribution >= 4 is 11.8 Å². The van der Waals surface area contributed by atoms with E-state index in [4.69, 9.17) is 10.5 Å².